The number of esters is 3. The number of rotatable bonds is 7. The Kier molecular flexibility index (Phi) is 7.74. The molecular weight excluding hydrogens is 342 g/mol. The van der Waals surface area contributed by atoms with E-state index in [1.54, 1.807) is 0 Å². The van der Waals surface area contributed by atoms with Crippen molar-refractivity contribution in [2.45, 2.75) is 51.5 Å². The van der Waals surface area contributed by atoms with Crippen molar-refractivity contribution in [3.8, 4) is 0 Å². The van der Waals surface area contributed by atoms with Gasteiger partial charge in [0.25, 0.3) is 0 Å². The number of carbonyl (C=O) groups is 4. The van der Waals surface area contributed by atoms with Crippen LogP contribution in [0.5, 0.6) is 0 Å². The van der Waals surface area contributed by atoms with Gasteiger partial charge in [-0.15, -0.1) is 0 Å². The summed E-state index contributed by atoms with van der Waals surface area (Å²) in [4.78, 5) is 45.6. The molecule has 0 aliphatic carbocycles. The number of aliphatic carboxylic acids is 1. The summed E-state index contributed by atoms with van der Waals surface area (Å²) in [7, 11) is 0. The van der Waals surface area contributed by atoms with Crippen molar-refractivity contribution in [3.63, 3.8) is 0 Å². The number of hydrogen-bond acceptors (Lipinski definition) is 10. The van der Waals surface area contributed by atoms with Gasteiger partial charge in [-0.1, -0.05) is 0 Å². The summed E-state index contributed by atoms with van der Waals surface area (Å²) in [6.07, 6.45) is -7.43. The molecule has 0 unspecified atom stereocenters. The van der Waals surface area contributed by atoms with Crippen LogP contribution in [0.15, 0.2) is 0 Å². The second-order valence-corrected chi connectivity index (χ2v) is 5.14. The van der Waals surface area contributed by atoms with Crippen LogP contribution in [0.2, 0.25) is 0 Å². The fourth-order valence-electron chi connectivity index (χ4n) is 2.29. The maximum atomic E-state index is 11.5. The van der Waals surface area contributed by atoms with Crippen molar-refractivity contribution < 1.29 is 48.0 Å². The molecule has 25 heavy (non-hydrogen) atoms. The minimum atomic E-state index is -1.71. The van der Waals surface area contributed by atoms with Crippen LogP contribution in [0.3, 0.4) is 0 Å². The zero-order chi connectivity index (χ0) is 19.1. The number of carboxylic acid groups (broad SMARTS) is 1. The summed E-state index contributed by atoms with van der Waals surface area (Å²) in [6, 6.07) is 0. The minimum Gasteiger partial charge on any atom is -0.479 e. The van der Waals surface area contributed by atoms with Crippen LogP contribution >= 0.6 is 0 Å². The fraction of sp³-hybridized carbons (Fsp3) is 0.714. The molecule has 0 amide bonds. The standard InChI is InChI=1S/C14H21NO10/c1-6(16)22-9-10(23-7(2)17)12(24-8(3)18)14(21-5-4-15)25-11(9)13(19)20/h9-12,14H,4-5,15H2,1-3H3,(H,19,20)/t9-,10-,11-,12+,14+/m0/s1. The molecule has 1 fully saturated rings. The van der Waals surface area contributed by atoms with E-state index in [9.17, 15) is 24.3 Å². The Balaban J connectivity index is 3.26. The molecule has 3 N–H and O–H groups in total. The first-order valence-corrected chi connectivity index (χ1v) is 7.39. The zero-order valence-corrected chi connectivity index (χ0v) is 14.0. The lowest BCUT2D eigenvalue weighted by Gasteiger charge is -2.42. The summed E-state index contributed by atoms with van der Waals surface area (Å²) in [6.45, 7) is 3.24. The van der Waals surface area contributed by atoms with Crippen molar-refractivity contribution in [1.82, 2.24) is 0 Å². The molecular formula is C14H21NO10. The average molecular weight is 363 g/mol. The van der Waals surface area contributed by atoms with E-state index in [1.807, 2.05) is 0 Å². The smallest absolute Gasteiger partial charge is 0.337 e. The van der Waals surface area contributed by atoms with Gasteiger partial charge < -0.3 is 34.5 Å². The lowest BCUT2D eigenvalue weighted by atomic mass is 9.98. The van der Waals surface area contributed by atoms with E-state index in [4.69, 9.17) is 29.4 Å². The molecule has 0 saturated carbocycles. The van der Waals surface area contributed by atoms with Crippen molar-refractivity contribution >= 4 is 23.9 Å². The number of ether oxygens (including phenoxy) is 5. The Morgan fingerprint density at radius 3 is 1.84 bits per heavy atom. The van der Waals surface area contributed by atoms with Crippen LogP contribution in [-0.2, 0) is 42.9 Å². The predicted octanol–water partition coefficient (Wildman–Crippen LogP) is -1.43. The van der Waals surface area contributed by atoms with Crippen LogP contribution in [0, 0.1) is 0 Å². The Morgan fingerprint density at radius 1 is 0.920 bits per heavy atom. The minimum absolute atomic E-state index is 0.0419. The molecule has 1 aliphatic rings. The second kappa shape index (κ2) is 9.30. The number of nitrogens with two attached hydrogens (primary N) is 1. The van der Waals surface area contributed by atoms with Gasteiger partial charge in [-0.05, 0) is 0 Å². The Labute approximate surface area is 143 Å². The van der Waals surface area contributed by atoms with Gasteiger partial charge >= 0.3 is 23.9 Å². The first kappa shape index (κ1) is 20.8. The highest BCUT2D eigenvalue weighted by Gasteiger charge is 2.54. The van der Waals surface area contributed by atoms with Gasteiger partial charge in [-0.25, -0.2) is 4.79 Å². The van der Waals surface area contributed by atoms with Crippen LogP contribution < -0.4 is 5.73 Å². The Bertz CT molecular complexity index is 522. The molecule has 0 bridgehead atoms. The summed E-state index contributed by atoms with van der Waals surface area (Å²) >= 11 is 0. The summed E-state index contributed by atoms with van der Waals surface area (Å²) in [5.74, 6) is -3.88. The SMILES string of the molecule is CC(=O)O[C@@H]1[C@@H](OC(C)=O)[C@H](OCCN)O[C@H](C(=O)O)[C@H]1OC(C)=O. The highest BCUT2D eigenvalue weighted by Crippen LogP contribution is 2.29. The van der Waals surface area contributed by atoms with Crippen molar-refractivity contribution in [2.24, 2.45) is 5.73 Å². The van der Waals surface area contributed by atoms with Gasteiger partial charge in [0.1, 0.15) is 0 Å². The normalized spacial score (nSPS) is 28.7. The van der Waals surface area contributed by atoms with Gasteiger partial charge in [0.15, 0.2) is 30.7 Å². The molecule has 0 spiro atoms. The third-order valence-electron chi connectivity index (χ3n) is 3.04. The highest BCUT2D eigenvalue weighted by atomic mass is 16.7. The van der Waals surface area contributed by atoms with Crippen LogP contribution in [-0.4, -0.2) is 72.8 Å². The third kappa shape index (κ3) is 5.96. The molecule has 5 atom stereocenters. The van der Waals surface area contributed by atoms with Crippen molar-refractivity contribution in [1.29, 1.82) is 0 Å². The summed E-state index contributed by atoms with van der Waals surface area (Å²) in [5.41, 5.74) is 5.34. The Hall–Kier alpha value is -2.24. The zero-order valence-electron chi connectivity index (χ0n) is 14.0. The van der Waals surface area contributed by atoms with E-state index < -0.39 is 54.6 Å². The first-order chi connectivity index (χ1) is 11.7. The van der Waals surface area contributed by atoms with Crippen LogP contribution in [0.4, 0.5) is 0 Å². The van der Waals surface area contributed by atoms with Gasteiger partial charge in [-0.3, -0.25) is 14.4 Å². The third-order valence-corrected chi connectivity index (χ3v) is 3.04. The fourth-order valence-corrected chi connectivity index (χ4v) is 2.29. The largest absolute Gasteiger partial charge is 0.479 e. The maximum Gasteiger partial charge on any atom is 0.337 e. The molecule has 11 heteroatoms. The quantitative estimate of drug-likeness (QED) is 0.403. The van der Waals surface area contributed by atoms with Crippen LogP contribution in [0.1, 0.15) is 20.8 Å². The summed E-state index contributed by atoms with van der Waals surface area (Å²) < 4.78 is 25.6. The molecule has 1 aliphatic heterocycles. The van der Waals surface area contributed by atoms with Crippen LogP contribution in [0.25, 0.3) is 0 Å². The van der Waals surface area contributed by atoms with E-state index in [0.717, 1.165) is 20.8 Å². The number of carboxylic acids is 1. The lowest BCUT2D eigenvalue weighted by Crippen LogP contribution is -2.63. The van der Waals surface area contributed by atoms with Gasteiger partial charge in [0.05, 0.1) is 6.61 Å². The molecule has 1 heterocycles. The molecule has 142 valence electrons. The average Bonchev–Trinajstić information content (AvgIpc) is 2.47. The van der Waals surface area contributed by atoms with Gasteiger partial charge in [-0.2, -0.15) is 0 Å². The molecule has 1 rings (SSSR count). The monoisotopic (exact) mass is 363 g/mol. The molecule has 0 aromatic carbocycles. The molecule has 0 aromatic rings. The van der Waals surface area contributed by atoms with Crippen molar-refractivity contribution in [3.05, 3.63) is 0 Å². The van der Waals surface area contributed by atoms with Crippen molar-refractivity contribution in [2.75, 3.05) is 13.2 Å². The molecule has 0 aromatic heterocycles. The molecule has 11 nitrogen and oxygen atoms in total. The van der Waals surface area contributed by atoms with Gasteiger partial charge in [0.2, 0.25) is 0 Å². The van der Waals surface area contributed by atoms with E-state index in [-0.39, 0.29) is 13.2 Å². The van der Waals surface area contributed by atoms with E-state index in [2.05, 4.69) is 0 Å². The van der Waals surface area contributed by atoms with E-state index >= 15 is 0 Å². The number of hydrogen-bond donors (Lipinski definition) is 2. The predicted molar refractivity (Wildman–Crippen MR) is 78.0 cm³/mol. The van der Waals surface area contributed by atoms with E-state index in [0.29, 0.717) is 0 Å². The molecule has 1 saturated heterocycles. The molecule has 0 radical (unpaired) electrons. The maximum absolute atomic E-state index is 11.5. The van der Waals surface area contributed by atoms with E-state index in [1.165, 1.54) is 0 Å². The highest BCUT2D eigenvalue weighted by molar-refractivity contribution is 5.75. The number of carbonyl (C=O) groups excluding carboxylic acids is 3. The lowest BCUT2D eigenvalue weighted by molar-refractivity contribution is -0.300. The summed E-state index contributed by atoms with van der Waals surface area (Å²) in [5, 5.41) is 9.34. The second-order valence-electron chi connectivity index (χ2n) is 5.14. The Morgan fingerprint density at radius 2 is 1.40 bits per heavy atom. The first-order valence-electron chi connectivity index (χ1n) is 7.39. The topological polar surface area (TPSA) is 161 Å². The van der Waals surface area contributed by atoms with Gasteiger partial charge in [0, 0.05) is 27.3 Å².